The Morgan fingerprint density at radius 3 is 2.41 bits per heavy atom. The average molecular weight is 395 g/mol. The van der Waals surface area contributed by atoms with Gasteiger partial charge < -0.3 is 19.9 Å². The highest BCUT2D eigenvalue weighted by Crippen LogP contribution is 2.30. The number of alkyl halides is 3. The fraction of sp³-hybridized carbons (Fsp3) is 0.316. The molecule has 1 aliphatic rings. The van der Waals surface area contributed by atoms with Gasteiger partial charge in [0.1, 0.15) is 5.75 Å². The van der Waals surface area contributed by atoms with Gasteiger partial charge >= 0.3 is 6.18 Å². The lowest BCUT2D eigenvalue weighted by Crippen LogP contribution is -2.50. The third-order valence-electron chi connectivity index (χ3n) is 4.43. The molecule has 1 N–H and O–H groups in total. The molecule has 0 unspecified atom stereocenters. The Morgan fingerprint density at radius 2 is 1.74 bits per heavy atom. The molecular weight excluding hydrogens is 375 g/mol. The molecule has 1 aliphatic heterocycles. The van der Waals surface area contributed by atoms with Gasteiger partial charge in [0.05, 0.1) is 12.7 Å². The summed E-state index contributed by atoms with van der Waals surface area (Å²) in [5, 5.41) is 3.35. The molecule has 1 saturated heterocycles. The Kier molecular flexibility index (Phi) is 5.74. The first-order chi connectivity index (χ1) is 12.9. The second-order valence-electron chi connectivity index (χ2n) is 6.18. The number of benzene rings is 2. The van der Waals surface area contributed by atoms with E-state index < -0.39 is 11.7 Å². The molecule has 0 spiro atoms. The monoisotopic (exact) mass is 395 g/mol. The molecule has 3 rings (SSSR count). The Balaban J connectivity index is 1.59. The van der Waals surface area contributed by atoms with Crippen LogP contribution < -0.4 is 15.0 Å². The van der Waals surface area contributed by atoms with E-state index in [1.807, 2.05) is 29.2 Å². The molecule has 1 heterocycles. The molecule has 0 aromatic heterocycles. The van der Waals surface area contributed by atoms with E-state index in [4.69, 9.17) is 17.0 Å². The number of thiocarbonyl (C=S) groups is 1. The van der Waals surface area contributed by atoms with E-state index in [2.05, 4.69) is 10.2 Å². The molecule has 2 aromatic carbocycles. The zero-order chi connectivity index (χ0) is 19.4. The van der Waals surface area contributed by atoms with Crippen molar-refractivity contribution >= 4 is 28.7 Å². The van der Waals surface area contributed by atoms with Crippen LogP contribution in [0.1, 0.15) is 5.56 Å². The van der Waals surface area contributed by atoms with E-state index in [9.17, 15) is 13.2 Å². The summed E-state index contributed by atoms with van der Waals surface area (Å²) >= 11 is 5.38. The van der Waals surface area contributed by atoms with Crippen molar-refractivity contribution in [3.05, 3.63) is 54.1 Å². The van der Waals surface area contributed by atoms with E-state index in [1.54, 1.807) is 13.2 Å². The van der Waals surface area contributed by atoms with Gasteiger partial charge in [0.25, 0.3) is 0 Å². The lowest BCUT2D eigenvalue weighted by atomic mass is 10.2. The number of nitrogens with one attached hydrogen (secondary N) is 1. The Morgan fingerprint density at radius 1 is 1.04 bits per heavy atom. The highest BCUT2D eigenvalue weighted by Gasteiger charge is 2.30. The summed E-state index contributed by atoms with van der Waals surface area (Å²) in [5.74, 6) is 0.802. The van der Waals surface area contributed by atoms with Crippen LogP contribution in [0.3, 0.4) is 0 Å². The largest absolute Gasteiger partial charge is 0.497 e. The number of methoxy groups -OCH3 is 1. The summed E-state index contributed by atoms with van der Waals surface area (Å²) in [4.78, 5) is 4.19. The van der Waals surface area contributed by atoms with Crippen molar-refractivity contribution < 1.29 is 17.9 Å². The number of hydrogen-bond donors (Lipinski definition) is 1. The lowest BCUT2D eigenvalue weighted by Gasteiger charge is -2.37. The second-order valence-corrected chi connectivity index (χ2v) is 6.57. The fourth-order valence-corrected chi connectivity index (χ4v) is 3.25. The van der Waals surface area contributed by atoms with E-state index in [0.29, 0.717) is 23.9 Å². The summed E-state index contributed by atoms with van der Waals surface area (Å²) in [5.41, 5.74) is 0.717. The molecule has 144 valence electrons. The third kappa shape index (κ3) is 4.82. The van der Waals surface area contributed by atoms with Crippen molar-refractivity contribution in [1.29, 1.82) is 0 Å². The fourth-order valence-electron chi connectivity index (χ4n) is 2.95. The summed E-state index contributed by atoms with van der Waals surface area (Å²) in [6.07, 6.45) is -4.37. The molecule has 0 aliphatic carbocycles. The molecule has 0 bridgehead atoms. The molecule has 0 amide bonds. The van der Waals surface area contributed by atoms with Crippen LogP contribution in [0.4, 0.5) is 24.5 Å². The van der Waals surface area contributed by atoms with Crippen molar-refractivity contribution in [2.75, 3.05) is 43.5 Å². The number of nitrogens with zero attached hydrogens (tertiary/aromatic N) is 2. The minimum Gasteiger partial charge on any atom is -0.497 e. The van der Waals surface area contributed by atoms with Gasteiger partial charge in [-0.3, -0.25) is 0 Å². The summed E-state index contributed by atoms with van der Waals surface area (Å²) in [6.45, 7) is 2.89. The van der Waals surface area contributed by atoms with Gasteiger partial charge in [0, 0.05) is 43.6 Å². The number of rotatable bonds is 3. The highest BCUT2D eigenvalue weighted by molar-refractivity contribution is 7.80. The minimum absolute atomic E-state index is 0.338. The van der Waals surface area contributed by atoms with Gasteiger partial charge in [-0.25, -0.2) is 0 Å². The van der Waals surface area contributed by atoms with Gasteiger partial charge in [0.2, 0.25) is 0 Å². The number of halogens is 3. The zero-order valence-electron chi connectivity index (χ0n) is 14.8. The van der Waals surface area contributed by atoms with Crippen LogP contribution in [0, 0.1) is 0 Å². The van der Waals surface area contributed by atoms with E-state index in [1.165, 1.54) is 6.07 Å². The molecule has 0 radical (unpaired) electrons. The van der Waals surface area contributed by atoms with Crippen molar-refractivity contribution in [3.8, 4) is 5.75 Å². The van der Waals surface area contributed by atoms with Crippen LogP contribution in [-0.4, -0.2) is 43.3 Å². The lowest BCUT2D eigenvalue weighted by molar-refractivity contribution is -0.137. The van der Waals surface area contributed by atoms with E-state index in [-0.39, 0.29) is 0 Å². The van der Waals surface area contributed by atoms with Crippen LogP contribution >= 0.6 is 12.2 Å². The molecule has 8 heteroatoms. The molecule has 0 saturated carbocycles. The molecule has 1 fully saturated rings. The summed E-state index contributed by atoms with van der Waals surface area (Å²) in [6, 6.07) is 12.9. The van der Waals surface area contributed by atoms with Gasteiger partial charge in [-0.1, -0.05) is 12.1 Å². The Hall–Kier alpha value is -2.48. The van der Waals surface area contributed by atoms with Crippen LogP contribution in [0.5, 0.6) is 5.75 Å². The van der Waals surface area contributed by atoms with Crippen LogP contribution in [0.15, 0.2) is 48.5 Å². The third-order valence-corrected chi connectivity index (χ3v) is 4.79. The zero-order valence-corrected chi connectivity index (χ0v) is 15.6. The number of ether oxygens (including phenoxy) is 1. The van der Waals surface area contributed by atoms with Gasteiger partial charge in [-0.15, -0.1) is 0 Å². The summed E-state index contributed by atoms with van der Waals surface area (Å²) in [7, 11) is 1.63. The highest BCUT2D eigenvalue weighted by atomic mass is 32.1. The first kappa shape index (κ1) is 19.3. The van der Waals surface area contributed by atoms with Crippen molar-refractivity contribution in [2.24, 2.45) is 0 Å². The minimum atomic E-state index is -4.37. The van der Waals surface area contributed by atoms with Crippen molar-refractivity contribution in [3.63, 3.8) is 0 Å². The topological polar surface area (TPSA) is 27.7 Å². The molecule has 4 nitrogen and oxygen atoms in total. The molecular formula is C19H20F3N3OS. The van der Waals surface area contributed by atoms with Gasteiger partial charge in [-0.2, -0.15) is 13.2 Å². The average Bonchev–Trinajstić information content (AvgIpc) is 2.67. The maximum atomic E-state index is 12.8. The number of hydrogen-bond acceptors (Lipinski definition) is 3. The van der Waals surface area contributed by atoms with E-state index in [0.717, 1.165) is 36.7 Å². The Labute approximate surface area is 161 Å². The smallest absolute Gasteiger partial charge is 0.416 e. The molecule has 27 heavy (non-hydrogen) atoms. The van der Waals surface area contributed by atoms with Crippen LogP contribution in [0.2, 0.25) is 0 Å². The predicted molar refractivity (Wildman–Crippen MR) is 104 cm³/mol. The maximum Gasteiger partial charge on any atom is 0.416 e. The van der Waals surface area contributed by atoms with Crippen molar-refractivity contribution in [2.45, 2.75) is 6.18 Å². The van der Waals surface area contributed by atoms with Crippen LogP contribution in [0.25, 0.3) is 0 Å². The van der Waals surface area contributed by atoms with E-state index >= 15 is 0 Å². The first-order valence-corrected chi connectivity index (χ1v) is 8.90. The maximum absolute atomic E-state index is 12.8. The second kappa shape index (κ2) is 8.04. The van der Waals surface area contributed by atoms with Crippen molar-refractivity contribution in [1.82, 2.24) is 4.90 Å². The number of anilines is 2. The van der Waals surface area contributed by atoms with Crippen LogP contribution in [-0.2, 0) is 6.18 Å². The normalized spacial score (nSPS) is 14.8. The quantitative estimate of drug-likeness (QED) is 0.785. The molecule has 0 atom stereocenters. The SMILES string of the molecule is COc1cccc(N2CCN(C(=S)Nc3cccc(C(F)(F)F)c3)CC2)c1. The Bertz CT molecular complexity index is 805. The standard InChI is InChI=1S/C19H20F3N3OS/c1-26-17-7-3-6-16(13-17)24-8-10-25(11-9-24)18(27)23-15-5-2-4-14(12-15)19(20,21)22/h2-7,12-13H,8-11H2,1H3,(H,23,27). The molecule has 2 aromatic rings. The van der Waals surface area contributed by atoms with Gasteiger partial charge in [0.15, 0.2) is 5.11 Å². The number of piperazine rings is 1. The predicted octanol–water partition coefficient (Wildman–Crippen LogP) is 4.23. The summed E-state index contributed by atoms with van der Waals surface area (Å²) < 4.78 is 43.8. The first-order valence-electron chi connectivity index (χ1n) is 8.49. The van der Waals surface area contributed by atoms with Gasteiger partial charge in [-0.05, 0) is 42.5 Å².